The van der Waals surface area contributed by atoms with E-state index >= 15 is 0 Å². The standard InChI is InChI=1S/C21H23NO3S3/c23-20(15-8-10-16(11-9-15)21-26-12-13-27-21)22-17-4-3-7-19(14-17)28(24,25)18-5-1-2-6-18/h3-4,7-11,14,18,21H,1-2,5-6,12-13H2,(H,22,23). The summed E-state index contributed by atoms with van der Waals surface area (Å²) in [5.41, 5.74) is 2.31. The first-order valence-electron chi connectivity index (χ1n) is 9.52. The van der Waals surface area contributed by atoms with Gasteiger partial charge in [-0.2, -0.15) is 0 Å². The lowest BCUT2D eigenvalue weighted by Gasteiger charge is -2.13. The van der Waals surface area contributed by atoms with Crippen molar-refractivity contribution in [2.45, 2.75) is 40.4 Å². The predicted molar refractivity (Wildman–Crippen MR) is 118 cm³/mol. The number of sulfone groups is 1. The van der Waals surface area contributed by atoms with E-state index in [2.05, 4.69) is 5.32 Å². The van der Waals surface area contributed by atoms with Crippen molar-refractivity contribution in [1.29, 1.82) is 0 Å². The van der Waals surface area contributed by atoms with Gasteiger partial charge >= 0.3 is 0 Å². The van der Waals surface area contributed by atoms with Crippen molar-refractivity contribution in [3.8, 4) is 0 Å². The minimum Gasteiger partial charge on any atom is -0.322 e. The van der Waals surface area contributed by atoms with Gasteiger partial charge in [0.25, 0.3) is 5.91 Å². The number of carbonyl (C=O) groups excluding carboxylic acids is 1. The first kappa shape index (κ1) is 19.9. The maximum atomic E-state index is 12.8. The number of nitrogens with one attached hydrogen (secondary N) is 1. The van der Waals surface area contributed by atoms with Crippen LogP contribution in [0.3, 0.4) is 0 Å². The smallest absolute Gasteiger partial charge is 0.255 e. The van der Waals surface area contributed by atoms with Crippen molar-refractivity contribution in [3.05, 3.63) is 59.7 Å². The molecule has 4 nitrogen and oxygen atoms in total. The number of hydrogen-bond donors (Lipinski definition) is 1. The number of benzene rings is 2. The summed E-state index contributed by atoms with van der Waals surface area (Å²) < 4.78 is 26.0. The van der Waals surface area contributed by atoms with Gasteiger partial charge in [-0.05, 0) is 48.7 Å². The lowest BCUT2D eigenvalue weighted by molar-refractivity contribution is 0.102. The zero-order chi connectivity index (χ0) is 19.6. The molecular formula is C21H23NO3S3. The minimum absolute atomic E-state index is 0.228. The SMILES string of the molecule is O=C(Nc1cccc(S(=O)(=O)C2CCCC2)c1)c1ccc(C2SCCS2)cc1. The van der Waals surface area contributed by atoms with E-state index in [0.717, 1.165) is 37.2 Å². The van der Waals surface area contributed by atoms with Crippen molar-refractivity contribution < 1.29 is 13.2 Å². The number of hydrogen-bond acceptors (Lipinski definition) is 5. The van der Waals surface area contributed by atoms with Crippen LogP contribution in [-0.2, 0) is 9.84 Å². The molecule has 2 aliphatic rings. The molecule has 7 heteroatoms. The largest absolute Gasteiger partial charge is 0.322 e. The highest BCUT2D eigenvalue weighted by Gasteiger charge is 2.30. The van der Waals surface area contributed by atoms with Gasteiger partial charge in [0, 0.05) is 22.8 Å². The molecule has 1 saturated carbocycles. The molecule has 2 aromatic rings. The Morgan fingerprint density at radius 2 is 1.64 bits per heavy atom. The molecule has 28 heavy (non-hydrogen) atoms. The van der Waals surface area contributed by atoms with E-state index in [9.17, 15) is 13.2 Å². The number of amides is 1. The summed E-state index contributed by atoms with van der Waals surface area (Å²) in [5.74, 6) is 2.10. The van der Waals surface area contributed by atoms with Gasteiger partial charge in [-0.3, -0.25) is 4.79 Å². The third-order valence-electron chi connectivity index (χ3n) is 5.23. The van der Waals surface area contributed by atoms with Crippen LogP contribution in [0.25, 0.3) is 0 Å². The first-order chi connectivity index (χ1) is 13.5. The lowest BCUT2D eigenvalue weighted by Crippen LogP contribution is -2.18. The molecular weight excluding hydrogens is 410 g/mol. The Balaban J connectivity index is 1.47. The third-order valence-corrected chi connectivity index (χ3v) is 10.6. The highest BCUT2D eigenvalue weighted by Crippen LogP contribution is 2.45. The molecule has 4 rings (SSSR count). The Kier molecular flexibility index (Phi) is 6.04. The molecule has 0 atom stereocenters. The molecule has 2 fully saturated rings. The van der Waals surface area contributed by atoms with Crippen LogP contribution in [-0.4, -0.2) is 31.1 Å². The summed E-state index contributed by atoms with van der Waals surface area (Å²) >= 11 is 3.86. The van der Waals surface area contributed by atoms with Crippen molar-refractivity contribution >= 4 is 45.0 Å². The third kappa shape index (κ3) is 4.26. The molecule has 0 radical (unpaired) electrons. The average Bonchev–Trinajstić information content (AvgIpc) is 3.42. The molecule has 1 N–H and O–H groups in total. The summed E-state index contributed by atoms with van der Waals surface area (Å²) in [5, 5.41) is 2.54. The maximum Gasteiger partial charge on any atom is 0.255 e. The fraction of sp³-hybridized carbons (Fsp3) is 0.381. The molecule has 1 heterocycles. The van der Waals surface area contributed by atoms with Gasteiger partial charge in [0.2, 0.25) is 0 Å². The van der Waals surface area contributed by atoms with Crippen molar-refractivity contribution in [2.75, 3.05) is 16.8 Å². The number of thioether (sulfide) groups is 2. The monoisotopic (exact) mass is 433 g/mol. The molecule has 2 aromatic carbocycles. The minimum atomic E-state index is -3.33. The van der Waals surface area contributed by atoms with Crippen molar-refractivity contribution in [3.63, 3.8) is 0 Å². The number of carbonyl (C=O) groups is 1. The van der Waals surface area contributed by atoms with E-state index in [-0.39, 0.29) is 11.2 Å². The van der Waals surface area contributed by atoms with Crippen LogP contribution in [0.4, 0.5) is 5.69 Å². The molecule has 1 saturated heterocycles. The van der Waals surface area contributed by atoms with E-state index < -0.39 is 9.84 Å². The fourth-order valence-electron chi connectivity index (χ4n) is 3.69. The van der Waals surface area contributed by atoms with Gasteiger partial charge in [0.15, 0.2) is 9.84 Å². The Morgan fingerprint density at radius 3 is 2.32 bits per heavy atom. The van der Waals surface area contributed by atoms with E-state index in [1.807, 2.05) is 47.8 Å². The summed E-state index contributed by atoms with van der Waals surface area (Å²) in [6, 6.07) is 14.3. The molecule has 0 bridgehead atoms. The first-order valence-corrected chi connectivity index (χ1v) is 13.2. The van der Waals surface area contributed by atoms with Crippen LogP contribution in [0.2, 0.25) is 0 Å². The van der Waals surface area contributed by atoms with Gasteiger partial charge in [-0.1, -0.05) is 31.0 Å². The second-order valence-corrected chi connectivity index (χ2v) is 12.1. The zero-order valence-electron chi connectivity index (χ0n) is 15.5. The Morgan fingerprint density at radius 1 is 0.964 bits per heavy atom. The number of rotatable bonds is 5. The van der Waals surface area contributed by atoms with Gasteiger partial charge in [0.05, 0.1) is 14.7 Å². The summed E-state index contributed by atoms with van der Waals surface area (Å²) in [4.78, 5) is 12.9. The molecule has 1 amide bonds. The van der Waals surface area contributed by atoms with Crippen molar-refractivity contribution in [1.82, 2.24) is 0 Å². The summed E-state index contributed by atoms with van der Waals surface area (Å²) in [6.07, 6.45) is 3.38. The van der Waals surface area contributed by atoms with E-state index in [0.29, 0.717) is 20.7 Å². The van der Waals surface area contributed by atoms with Crippen LogP contribution in [0.1, 0.15) is 46.2 Å². The van der Waals surface area contributed by atoms with Crippen LogP contribution in [0.5, 0.6) is 0 Å². The maximum absolute atomic E-state index is 12.8. The topological polar surface area (TPSA) is 63.2 Å². The van der Waals surface area contributed by atoms with E-state index in [1.54, 1.807) is 24.3 Å². The lowest BCUT2D eigenvalue weighted by atomic mass is 10.1. The van der Waals surface area contributed by atoms with Crippen LogP contribution < -0.4 is 5.32 Å². The molecule has 1 aliphatic carbocycles. The van der Waals surface area contributed by atoms with Crippen molar-refractivity contribution in [2.24, 2.45) is 0 Å². The Labute approximate surface area is 174 Å². The molecule has 1 aliphatic heterocycles. The van der Waals surface area contributed by atoms with Crippen LogP contribution in [0.15, 0.2) is 53.4 Å². The van der Waals surface area contributed by atoms with E-state index in [1.165, 1.54) is 5.56 Å². The molecule has 148 valence electrons. The van der Waals surface area contributed by atoms with Gasteiger partial charge < -0.3 is 5.32 Å². The molecule has 0 aromatic heterocycles. The molecule has 0 spiro atoms. The highest BCUT2D eigenvalue weighted by atomic mass is 32.2. The van der Waals surface area contributed by atoms with Gasteiger partial charge in [-0.15, -0.1) is 23.5 Å². The average molecular weight is 434 g/mol. The zero-order valence-corrected chi connectivity index (χ0v) is 17.9. The summed E-state index contributed by atoms with van der Waals surface area (Å²) in [7, 11) is -3.33. The number of anilines is 1. The highest BCUT2D eigenvalue weighted by molar-refractivity contribution is 8.19. The second-order valence-electron chi connectivity index (χ2n) is 7.13. The summed E-state index contributed by atoms with van der Waals surface area (Å²) in [6.45, 7) is 0. The molecule has 0 unspecified atom stereocenters. The van der Waals surface area contributed by atoms with Gasteiger partial charge in [0.1, 0.15) is 0 Å². The Bertz CT molecular complexity index is 945. The predicted octanol–water partition coefficient (Wildman–Crippen LogP) is 5.13. The normalized spacial score (nSPS) is 18.4. The second kappa shape index (κ2) is 8.51. The fourth-order valence-corrected chi connectivity index (χ4v) is 8.45. The van der Waals surface area contributed by atoms with Crippen LogP contribution >= 0.6 is 23.5 Å². The van der Waals surface area contributed by atoms with Gasteiger partial charge in [-0.25, -0.2) is 8.42 Å². The van der Waals surface area contributed by atoms with Crippen LogP contribution in [0, 0.1) is 0 Å². The van der Waals surface area contributed by atoms with E-state index in [4.69, 9.17) is 0 Å². The Hall–Kier alpha value is -1.44. The quantitative estimate of drug-likeness (QED) is 0.708.